The van der Waals surface area contributed by atoms with Crippen molar-refractivity contribution in [3.05, 3.63) is 0 Å². The molecule has 0 amide bonds. The molecular formula is C11H23NO. The third kappa shape index (κ3) is 4.41. The molecule has 0 atom stereocenters. The van der Waals surface area contributed by atoms with Crippen molar-refractivity contribution in [1.29, 1.82) is 0 Å². The predicted octanol–water partition coefficient (Wildman–Crippen LogP) is 2.37. The Balaban J connectivity index is 0.000000671. The molecule has 78 valence electrons. The van der Waals surface area contributed by atoms with Crippen molar-refractivity contribution in [2.75, 3.05) is 6.54 Å². The monoisotopic (exact) mass is 185 g/mol. The van der Waals surface area contributed by atoms with Crippen LogP contribution in [0.4, 0.5) is 0 Å². The minimum absolute atomic E-state index is 0.345. The van der Waals surface area contributed by atoms with Crippen molar-refractivity contribution in [3.8, 4) is 0 Å². The van der Waals surface area contributed by atoms with Gasteiger partial charge in [-0.1, -0.05) is 13.8 Å². The smallest absolute Gasteiger partial charge is 0.132 e. The van der Waals surface area contributed by atoms with E-state index in [0.29, 0.717) is 17.6 Å². The number of hydrogen-bond acceptors (Lipinski definition) is 2. The maximum absolute atomic E-state index is 11.0. The summed E-state index contributed by atoms with van der Waals surface area (Å²) in [5, 5.41) is 0. The largest absolute Gasteiger partial charge is 0.330 e. The second kappa shape index (κ2) is 7.07. The zero-order valence-corrected chi connectivity index (χ0v) is 9.18. The van der Waals surface area contributed by atoms with E-state index in [0.717, 1.165) is 32.2 Å². The third-order valence-electron chi connectivity index (χ3n) is 2.76. The quantitative estimate of drug-likeness (QED) is 0.717. The van der Waals surface area contributed by atoms with Crippen LogP contribution in [0.5, 0.6) is 0 Å². The number of carbonyl (C=O) groups is 1. The molecule has 0 spiro atoms. The van der Waals surface area contributed by atoms with Gasteiger partial charge in [-0.25, -0.2) is 0 Å². The highest BCUT2D eigenvalue weighted by molar-refractivity contribution is 5.78. The lowest BCUT2D eigenvalue weighted by atomic mass is 9.80. The van der Waals surface area contributed by atoms with Gasteiger partial charge in [0.1, 0.15) is 5.78 Å². The first kappa shape index (κ1) is 12.6. The fraction of sp³-hybridized carbons (Fsp3) is 0.909. The minimum Gasteiger partial charge on any atom is -0.330 e. The Morgan fingerprint density at radius 2 is 1.69 bits per heavy atom. The van der Waals surface area contributed by atoms with E-state index in [1.807, 2.05) is 13.8 Å². The van der Waals surface area contributed by atoms with Crippen LogP contribution >= 0.6 is 0 Å². The van der Waals surface area contributed by atoms with Gasteiger partial charge in [0.15, 0.2) is 0 Å². The molecule has 1 fully saturated rings. The molecule has 0 radical (unpaired) electrons. The number of ketones is 1. The minimum atomic E-state index is 0.345. The number of Topliss-reactive ketones (excluding diaryl/α,β-unsaturated/α-hetero) is 1. The fourth-order valence-electron chi connectivity index (χ4n) is 1.80. The molecule has 0 saturated heterocycles. The zero-order chi connectivity index (χ0) is 10.3. The maximum Gasteiger partial charge on any atom is 0.132 e. The highest BCUT2D eigenvalue weighted by Crippen LogP contribution is 2.28. The van der Waals surface area contributed by atoms with Crippen LogP contribution in [0.3, 0.4) is 0 Å². The molecule has 2 heteroatoms. The van der Waals surface area contributed by atoms with E-state index >= 15 is 0 Å². The summed E-state index contributed by atoms with van der Waals surface area (Å²) in [6.07, 6.45) is 4.44. The van der Waals surface area contributed by atoms with Gasteiger partial charge in [0.2, 0.25) is 0 Å². The van der Waals surface area contributed by atoms with Crippen molar-refractivity contribution >= 4 is 5.78 Å². The molecule has 0 bridgehead atoms. The summed E-state index contributed by atoms with van der Waals surface area (Å²) in [7, 11) is 0. The molecular weight excluding hydrogens is 162 g/mol. The number of carbonyl (C=O) groups excluding carboxylic acids is 1. The van der Waals surface area contributed by atoms with Crippen LogP contribution in [-0.2, 0) is 4.79 Å². The Morgan fingerprint density at radius 3 is 2.00 bits per heavy atom. The SMILES string of the molecule is CC.CC(=O)C1CCC(CN)CC1. The number of rotatable bonds is 2. The standard InChI is InChI=1S/C9H17NO.C2H6/c1-7(11)9-4-2-8(6-10)3-5-9;1-2/h8-9H,2-6,10H2,1H3;1-2H3. The van der Waals surface area contributed by atoms with Gasteiger partial charge in [-0.05, 0) is 45.1 Å². The first-order chi connectivity index (χ1) is 6.24. The van der Waals surface area contributed by atoms with Gasteiger partial charge in [-0.15, -0.1) is 0 Å². The Kier molecular flexibility index (Phi) is 6.87. The number of nitrogens with two attached hydrogens (primary N) is 1. The lowest BCUT2D eigenvalue weighted by Crippen LogP contribution is -2.24. The van der Waals surface area contributed by atoms with Gasteiger partial charge in [-0.2, -0.15) is 0 Å². The Labute approximate surface area is 81.9 Å². The van der Waals surface area contributed by atoms with E-state index in [-0.39, 0.29) is 0 Å². The first-order valence-electron chi connectivity index (χ1n) is 5.44. The fourth-order valence-corrected chi connectivity index (χ4v) is 1.80. The molecule has 1 rings (SSSR count). The molecule has 1 aliphatic rings. The van der Waals surface area contributed by atoms with Crippen molar-refractivity contribution in [1.82, 2.24) is 0 Å². The van der Waals surface area contributed by atoms with E-state index in [9.17, 15) is 4.79 Å². The molecule has 0 aromatic rings. The molecule has 1 saturated carbocycles. The normalized spacial score (nSPS) is 27.4. The summed E-state index contributed by atoms with van der Waals surface area (Å²) >= 11 is 0. The first-order valence-corrected chi connectivity index (χ1v) is 5.44. The average Bonchev–Trinajstić information content (AvgIpc) is 2.21. The van der Waals surface area contributed by atoms with Crippen LogP contribution in [0.1, 0.15) is 46.5 Å². The molecule has 0 aliphatic heterocycles. The summed E-state index contributed by atoms with van der Waals surface area (Å²) in [6.45, 7) is 6.50. The third-order valence-corrected chi connectivity index (χ3v) is 2.76. The van der Waals surface area contributed by atoms with Crippen molar-refractivity contribution < 1.29 is 4.79 Å². The second-order valence-corrected chi connectivity index (χ2v) is 3.56. The van der Waals surface area contributed by atoms with E-state index in [1.54, 1.807) is 6.92 Å². The highest BCUT2D eigenvalue weighted by Gasteiger charge is 2.22. The highest BCUT2D eigenvalue weighted by atomic mass is 16.1. The lowest BCUT2D eigenvalue weighted by molar-refractivity contribution is -0.121. The van der Waals surface area contributed by atoms with Crippen LogP contribution in [-0.4, -0.2) is 12.3 Å². The molecule has 0 heterocycles. The molecule has 0 aromatic heterocycles. The maximum atomic E-state index is 11.0. The Bertz CT molecular complexity index is 137. The Hall–Kier alpha value is -0.370. The van der Waals surface area contributed by atoms with E-state index in [4.69, 9.17) is 5.73 Å². The van der Waals surface area contributed by atoms with Gasteiger partial charge < -0.3 is 5.73 Å². The van der Waals surface area contributed by atoms with Gasteiger partial charge >= 0.3 is 0 Å². The summed E-state index contributed by atoms with van der Waals surface area (Å²) in [5.74, 6) is 1.39. The van der Waals surface area contributed by atoms with Gasteiger partial charge in [0.05, 0.1) is 0 Å². The summed E-state index contributed by atoms with van der Waals surface area (Å²) in [5.41, 5.74) is 5.54. The molecule has 0 aromatic carbocycles. The molecule has 1 aliphatic carbocycles. The van der Waals surface area contributed by atoms with Crippen LogP contribution in [0.25, 0.3) is 0 Å². The molecule has 0 unspecified atom stereocenters. The van der Waals surface area contributed by atoms with Crippen LogP contribution < -0.4 is 5.73 Å². The summed E-state index contributed by atoms with van der Waals surface area (Å²) in [6, 6.07) is 0. The lowest BCUT2D eigenvalue weighted by Gasteiger charge is -2.25. The van der Waals surface area contributed by atoms with Gasteiger partial charge in [0, 0.05) is 5.92 Å². The number of hydrogen-bond donors (Lipinski definition) is 1. The van der Waals surface area contributed by atoms with Crippen LogP contribution in [0.2, 0.25) is 0 Å². The summed E-state index contributed by atoms with van der Waals surface area (Å²) < 4.78 is 0. The van der Waals surface area contributed by atoms with Gasteiger partial charge in [0.25, 0.3) is 0 Å². The van der Waals surface area contributed by atoms with Crippen molar-refractivity contribution in [2.45, 2.75) is 46.5 Å². The van der Waals surface area contributed by atoms with Crippen molar-refractivity contribution in [2.24, 2.45) is 17.6 Å². The molecule has 13 heavy (non-hydrogen) atoms. The summed E-state index contributed by atoms with van der Waals surface area (Å²) in [4.78, 5) is 11.0. The predicted molar refractivity (Wildman–Crippen MR) is 56.5 cm³/mol. The van der Waals surface area contributed by atoms with E-state index in [1.165, 1.54) is 0 Å². The van der Waals surface area contributed by atoms with Crippen molar-refractivity contribution in [3.63, 3.8) is 0 Å². The van der Waals surface area contributed by atoms with Crippen LogP contribution in [0.15, 0.2) is 0 Å². The van der Waals surface area contributed by atoms with E-state index in [2.05, 4.69) is 0 Å². The molecule has 2 nitrogen and oxygen atoms in total. The molecule has 2 N–H and O–H groups in total. The van der Waals surface area contributed by atoms with Crippen LogP contribution in [0, 0.1) is 11.8 Å². The average molecular weight is 185 g/mol. The topological polar surface area (TPSA) is 43.1 Å². The zero-order valence-electron chi connectivity index (χ0n) is 9.18. The second-order valence-electron chi connectivity index (χ2n) is 3.56. The Morgan fingerprint density at radius 1 is 1.23 bits per heavy atom. The van der Waals surface area contributed by atoms with Gasteiger partial charge in [-0.3, -0.25) is 4.79 Å². The van der Waals surface area contributed by atoms with E-state index < -0.39 is 0 Å².